The minimum absolute atomic E-state index is 0.265. The zero-order valence-electron chi connectivity index (χ0n) is 10.5. The molecular weight excluding hydrogens is 224 g/mol. The van der Waals surface area contributed by atoms with Crippen LogP contribution in [-0.2, 0) is 0 Å². The molecule has 0 bridgehead atoms. The number of nitrogens with two attached hydrogens (primary N) is 1. The van der Waals surface area contributed by atoms with Crippen LogP contribution in [0.2, 0.25) is 5.02 Å². The van der Waals surface area contributed by atoms with Crippen LogP contribution in [-0.4, -0.2) is 10.5 Å². The summed E-state index contributed by atoms with van der Waals surface area (Å²) in [7, 11) is 0. The lowest BCUT2D eigenvalue weighted by Crippen LogP contribution is -2.13. The molecule has 4 heteroatoms. The van der Waals surface area contributed by atoms with Gasteiger partial charge >= 0.3 is 0 Å². The van der Waals surface area contributed by atoms with Gasteiger partial charge in [-0.05, 0) is 26.7 Å². The average molecular weight is 243 g/mol. The third-order valence-electron chi connectivity index (χ3n) is 2.74. The molecule has 0 radical (unpaired) electrons. The van der Waals surface area contributed by atoms with Gasteiger partial charge in [-0.1, -0.05) is 25.4 Å². The van der Waals surface area contributed by atoms with Gasteiger partial charge in [-0.15, -0.1) is 0 Å². The summed E-state index contributed by atoms with van der Waals surface area (Å²) in [5.74, 6) is -0.189. The molecule has 0 aromatic carbocycles. The van der Waals surface area contributed by atoms with Crippen LogP contribution in [0.15, 0.2) is 0 Å². The number of hydrogen-bond donors (Lipinski definition) is 1. The Morgan fingerprint density at radius 1 is 1.31 bits per heavy atom. The summed E-state index contributed by atoms with van der Waals surface area (Å²) in [6.07, 6.45) is 0. The van der Waals surface area contributed by atoms with Crippen molar-refractivity contribution in [3.63, 3.8) is 0 Å². The fraction of sp³-hybridized carbons (Fsp3) is 0.583. The lowest BCUT2D eigenvalue weighted by molar-refractivity contribution is 0.0999. The molecule has 16 heavy (non-hydrogen) atoms. The molecule has 1 amide bonds. The van der Waals surface area contributed by atoms with Gasteiger partial charge in [-0.25, -0.2) is 0 Å². The summed E-state index contributed by atoms with van der Waals surface area (Å²) in [4.78, 5) is 11.4. The van der Waals surface area contributed by atoms with E-state index in [4.69, 9.17) is 17.3 Å². The molecule has 0 saturated carbocycles. The third kappa shape index (κ3) is 1.96. The normalized spacial score (nSPS) is 11.5. The van der Waals surface area contributed by atoms with Crippen molar-refractivity contribution in [2.45, 2.75) is 46.6 Å². The molecule has 2 N–H and O–H groups in total. The van der Waals surface area contributed by atoms with Gasteiger partial charge in [-0.3, -0.25) is 4.79 Å². The van der Waals surface area contributed by atoms with Crippen LogP contribution in [0.25, 0.3) is 0 Å². The number of carbonyl (C=O) groups excluding carboxylic acids is 1. The van der Waals surface area contributed by atoms with Gasteiger partial charge in [-0.2, -0.15) is 0 Å². The van der Waals surface area contributed by atoms with Gasteiger partial charge < -0.3 is 10.3 Å². The Kier molecular flexibility index (Phi) is 3.68. The molecule has 0 aliphatic carbocycles. The lowest BCUT2D eigenvalue weighted by Gasteiger charge is -2.17. The van der Waals surface area contributed by atoms with E-state index in [9.17, 15) is 4.79 Å². The van der Waals surface area contributed by atoms with Gasteiger partial charge in [0.2, 0.25) is 0 Å². The zero-order chi connectivity index (χ0) is 12.6. The minimum atomic E-state index is -0.455. The monoisotopic (exact) mass is 242 g/mol. The first-order chi connectivity index (χ1) is 7.29. The first-order valence-electron chi connectivity index (χ1n) is 5.49. The standard InChI is InChI=1S/C12H19ClN2O/c1-6(2)11-10(13)9(12(14)16)8(5)15(11)7(3)4/h6-7H,1-5H3,(H2,14,16). The largest absolute Gasteiger partial charge is 0.365 e. The number of primary amides is 1. The number of aromatic nitrogens is 1. The smallest absolute Gasteiger partial charge is 0.252 e. The topological polar surface area (TPSA) is 48.0 Å². The summed E-state index contributed by atoms with van der Waals surface area (Å²) in [6, 6.07) is 0.267. The molecule has 1 heterocycles. The van der Waals surface area contributed by atoms with Crippen molar-refractivity contribution < 1.29 is 4.79 Å². The number of rotatable bonds is 3. The number of carbonyl (C=O) groups is 1. The van der Waals surface area contributed by atoms with Crippen LogP contribution in [0.3, 0.4) is 0 Å². The first-order valence-corrected chi connectivity index (χ1v) is 5.86. The van der Waals surface area contributed by atoms with Gasteiger partial charge in [0.1, 0.15) is 0 Å². The Morgan fingerprint density at radius 2 is 1.81 bits per heavy atom. The summed E-state index contributed by atoms with van der Waals surface area (Å²) in [5.41, 5.74) is 7.67. The highest BCUT2D eigenvalue weighted by molar-refractivity contribution is 6.34. The van der Waals surface area contributed by atoms with Crippen LogP contribution in [0.1, 0.15) is 61.4 Å². The highest BCUT2D eigenvalue weighted by Crippen LogP contribution is 2.34. The summed E-state index contributed by atoms with van der Waals surface area (Å²) < 4.78 is 2.09. The van der Waals surface area contributed by atoms with Gasteiger partial charge in [0.05, 0.1) is 10.6 Å². The quantitative estimate of drug-likeness (QED) is 0.869. The molecule has 1 aromatic rings. The molecule has 0 saturated heterocycles. The molecule has 0 spiro atoms. The SMILES string of the molecule is Cc1c(C(N)=O)c(Cl)c(C(C)C)n1C(C)C. The van der Waals surface area contributed by atoms with E-state index in [1.54, 1.807) is 0 Å². The number of halogens is 1. The van der Waals surface area contributed by atoms with E-state index < -0.39 is 5.91 Å². The lowest BCUT2D eigenvalue weighted by atomic mass is 10.1. The van der Waals surface area contributed by atoms with Gasteiger partial charge in [0.25, 0.3) is 5.91 Å². The van der Waals surface area contributed by atoms with Crippen molar-refractivity contribution in [3.8, 4) is 0 Å². The molecule has 0 atom stereocenters. The van der Waals surface area contributed by atoms with Crippen LogP contribution in [0.4, 0.5) is 0 Å². The second kappa shape index (κ2) is 4.50. The zero-order valence-corrected chi connectivity index (χ0v) is 11.2. The minimum Gasteiger partial charge on any atom is -0.365 e. The molecule has 0 fully saturated rings. The predicted octanol–water partition coefficient (Wildman–Crippen LogP) is 3.25. The van der Waals surface area contributed by atoms with Crippen molar-refractivity contribution >= 4 is 17.5 Å². The molecule has 0 aliphatic rings. The average Bonchev–Trinajstić information content (AvgIpc) is 2.36. The van der Waals surface area contributed by atoms with Crippen molar-refractivity contribution in [1.82, 2.24) is 4.57 Å². The molecule has 3 nitrogen and oxygen atoms in total. The van der Waals surface area contributed by atoms with E-state index >= 15 is 0 Å². The van der Waals surface area contributed by atoms with E-state index in [0.29, 0.717) is 10.6 Å². The molecule has 0 unspecified atom stereocenters. The molecule has 1 aromatic heterocycles. The third-order valence-corrected chi connectivity index (χ3v) is 3.12. The number of amides is 1. The Bertz CT molecular complexity index is 388. The first kappa shape index (κ1) is 13.1. The fourth-order valence-corrected chi connectivity index (χ4v) is 2.72. The van der Waals surface area contributed by atoms with Crippen molar-refractivity contribution in [2.24, 2.45) is 5.73 Å². The van der Waals surface area contributed by atoms with E-state index in [0.717, 1.165) is 11.4 Å². The Hall–Kier alpha value is -0.960. The highest BCUT2D eigenvalue weighted by atomic mass is 35.5. The number of nitrogens with zero attached hydrogens (tertiary/aromatic N) is 1. The Labute approximate surface area is 102 Å². The molecule has 90 valence electrons. The fourth-order valence-electron chi connectivity index (χ4n) is 2.18. The maximum atomic E-state index is 11.4. The van der Waals surface area contributed by atoms with Crippen molar-refractivity contribution in [2.75, 3.05) is 0 Å². The summed E-state index contributed by atoms with van der Waals surface area (Å²) >= 11 is 6.25. The van der Waals surface area contributed by atoms with Crippen molar-refractivity contribution in [1.29, 1.82) is 0 Å². The summed E-state index contributed by atoms with van der Waals surface area (Å²) in [6.45, 7) is 10.1. The van der Waals surface area contributed by atoms with E-state index in [1.165, 1.54) is 0 Å². The Morgan fingerprint density at radius 3 is 2.06 bits per heavy atom. The van der Waals surface area contributed by atoms with Crippen LogP contribution in [0, 0.1) is 6.92 Å². The van der Waals surface area contributed by atoms with Crippen LogP contribution in [0.5, 0.6) is 0 Å². The van der Waals surface area contributed by atoms with Crippen LogP contribution < -0.4 is 5.73 Å². The van der Waals surface area contributed by atoms with Crippen molar-refractivity contribution in [3.05, 3.63) is 22.0 Å². The highest BCUT2D eigenvalue weighted by Gasteiger charge is 2.24. The number of hydrogen-bond acceptors (Lipinski definition) is 1. The summed E-state index contributed by atoms with van der Waals surface area (Å²) in [5, 5.41) is 0.508. The molecular formula is C12H19ClN2O. The second-order valence-electron chi connectivity index (χ2n) is 4.64. The molecule has 1 rings (SSSR count). The Balaban J connectivity index is 3.59. The van der Waals surface area contributed by atoms with E-state index in [-0.39, 0.29) is 12.0 Å². The van der Waals surface area contributed by atoms with Crippen LogP contribution >= 0.6 is 11.6 Å². The molecule has 0 aliphatic heterocycles. The van der Waals surface area contributed by atoms with Gasteiger partial charge in [0, 0.05) is 17.4 Å². The second-order valence-corrected chi connectivity index (χ2v) is 5.02. The predicted molar refractivity (Wildman–Crippen MR) is 67.2 cm³/mol. The maximum absolute atomic E-state index is 11.4. The maximum Gasteiger partial charge on any atom is 0.252 e. The van der Waals surface area contributed by atoms with E-state index in [1.807, 2.05) is 6.92 Å². The van der Waals surface area contributed by atoms with Gasteiger partial charge in [0.15, 0.2) is 0 Å². The van der Waals surface area contributed by atoms with E-state index in [2.05, 4.69) is 32.3 Å².